The second-order valence-electron chi connectivity index (χ2n) is 10.7. The van der Waals surface area contributed by atoms with Gasteiger partial charge in [-0.1, -0.05) is 72.6 Å². The summed E-state index contributed by atoms with van der Waals surface area (Å²) in [6, 6.07) is 23.9. The van der Waals surface area contributed by atoms with Gasteiger partial charge in [-0.3, -0.25) is 4.79 Å². The normalized spacial score (nSPS) is 20.2. The summed E-state index contributed by atoms with van der Waals surface area (Å²) >= 11 is 6.01. The molecule has 196 valence electrons. The number of aromatic nitrogens is 2. The highest BCUT2D eigenvalue weighted by Crippen LogP contribution is 2.54. The molecule has 4 aromatic rings. The lowest BCUT2D eigenvalue weighted by molar-refractivity contribution is -0.119. The van der Waals surface area contributed by atoms with Crippen LogP contribution in [-0.2, 0) is 17.6 Å². The number of nitrogens with zero attached hydrogens (tertiary/aromatic N) is 2. The first-order valence-corrected chi connectivity index (χ1v) is 13.6. The van der Waals surface area contributed by atoms with E-state index in [2.05, 4.69) is 29.5 Å². The molecule has 0 bridgehead atoms. The van der Waals surface area contributed by atoms with Crippen molar-refractivity contribution in [3.05, 3.63) is 130 Å². The second kappa shape index (κ2) is 10.3. The van der Waals surface area contributed by atoms with E-state index < -0.39 is 0 Å². The summed E-state index contributed by atoms with van der Waals surface area (Å²) in [6.07, 6.45) is 9.57. The van der Waals surface area contributed by atoms with Crippen molar-refractivity contribution in [2.24, 2.45) is 11.3 Å². The van der Waals surface area contributed by atoms with Gasteiger partial charge < -0.3 is 5.32 Å². The minimum absolute atomic E-state index is 0.0576. The number of nitrogens with one attached hydrogen (secondary N) is 1. The Kier molecular flexibility index (Phi) is 6.69. The predicted octanol–water partition coefficient (Wildman–Crippen LogP) is 7.42. The van der Waals surface area contributed by atoms with E-state index in [9.17, 15) is 9.18 Å². The van der Waals surface area contributed by atoms with E-state index in [0.29, 0.717) is 5.02 Å². The van der Waals surface area contributed by atoms with Gasteiger partial charge in [0.25, 0.3) is 0 Å². The second-order valence-corrected chi connectivity index (χ2v) is 11.1. The van der Waals surface area contributed by atoms with Crippen LogP contribution >= 0.6 is 11.6 Å². The van der Waals surface area contributed by atoms with E-state index in [1.807, 2.05) is 53.3 Å². The van der Waals surface area contributed by atoms with Crippen LogP contribution in [0.4, 0.5) is 4.39 Å². The largest absolute Gasteiger partial charge is 0.326 e. The highest BCUT2D eigenvalue weighted by Gasteiger charge is 2.44. The van der Waals surface area contributed by atoms with Gasteiger partial charge in [-0.05, 0) is 89.8 Å². The van der Waals surface area contributed by atoms with Crippen LogP contribution in [0.15, 0.2) is 96.7 Å². The van der Waals surface area contributed by atoms with Gasteiger partial charge >= 0.3 is 0 Å². The first-order valence-electron chi connectivity index (χ1n) is 13.2. The number of carbonyl (C=O) groups excluding carboxylic acids is 1. The van der Waals surface area contributed by atoms with Crippen LogP contribution in [0.2, 0.25) is 5.02 Å². The molecular weight excluding hydrogens is 509 g/mol. The van der Waals surface area contributed by atoms with Crippen LogP contribution in [0.1, 0.15) is 42.1 Å². The van der Waals surface area contributed by atoms with Crippen LogP contribution in [0.25, 0.3) is 17.5 Å². The van der Waals surface area contributed by atoms with E-state index in [4.69, 9.17) is 11.6 Å². The molecule has 2 aliphatic rings. The number of halogens is 2. The summed E-state index contributed by atoms with van der Waals surface area (Å²) < 4.78 is 15.4. The molecule has 1 heterocycles. The van der Waals surface area contributed by atoms with Gasteiger partial charge in [-0.2, -0.15) is 5.10 Å². The number of amides is 1. The molecule has 2 aliphatic carbocycles. The standard InChI is InChI=1S/C33H29ClFN3O/c1-33-20-24-21-36-38(29-15-13-28(35)14-16-29)31(24)19-26(33)10-9-25(33)18-30(23-5-3-2-4-6-23)37-32(39)17-22-7-11-27(34)12-8-22/h2-8,11-16,18-19,21,25H,9-10,17,20H2,1H3,(H,37,39). The monoisotopic (exact) mass is 537 g/mol. The van der Waals surface area contributed by atoms with E-state index in [0.717, 1.165) is 47.5 Å². The molecule has 0 spiro atoms. The quantitative estimate of drug-likeness (QED) is 0.278. The number of rotatable bonds is 6. The summed E-state index contributed by atoms with van der Waals surface area (Å²) in [4.78, 5) is 13.1. The number of carbonyl (C=O) groups is 1. The molecule has 6 rings (SSSR count). The third-order valence-electron chi connectivity index (χ3n) is 8.11. The van der Waals surface area contributed by atoms with E-state index in [1.54, 1.807) is 24.3 Å². The molecular formula is C33H29ClFN3O. The molecule has 0 radical (unpaired) electrons. The fraction of sp³-hybridized carbons (Fsp3) is 0.212. The SMILES string of the molecule is CC12Cc3cnn(-c4ccc(F)cc4)c3C=C1CCC2C=C(NC(=O)Cc1ccc(Cl)cc1)c1ccccc1. The van der Waals surface area contributed by atoms with Crippen molar-refractivity contribution in [1.29, 1.82) is 0 Å². The summed E-state index contributed by atoms with van der Waals surface area (Å²) in [5, 5.41) is 8.51. The molecule has 1 aromatic heterocycles. The summed E-state index contributed by atoms with van der Waals surface area (Å²) in [6.45, 7) is 2.32. The van der Waals surface area contributed by atoms with E-state index in [-0.39, 0.29) is 29.5 Å². The smallest absolute Gasteiger partial charge is 0.228 e. The van der Waals surface area contributed by atoms with Gasteiger partial charge in [-0.15, -0.1) is 0 Å². The average molecular weight is 538 g/mol. The molecule has 1 amide bonds. The van der Waals surface area contributed by atoms with Crippen molar-refractivity contribution in [2.45, 2.75) is 32.6 Å². The van der Waals surface area contributed by atoms with Crippen LogP contribution in [0.3, 0.4) is 0 Å². The number of fused-ring (bicyclic) bond motifs is 2. The summed E-state index contributed by atoms with van der Waals surface area (Å²) in [5.74, 6) is -0.0689. The van der Waals surface area contributed by atoms with E-state index >= 15 is 0 Å². The van der Waals surface area contributed by atoms with Crippen LogP contribution in [0, 0.1) is 17.2 Å². The number of hydrogen-bond acceptors (Lipinski definition) is 2. The third-order valence-corrected chi connectivity index (χ3v) is 8.36. The van der Waals surface area contributed by atoms with Crippen LogP contribution in [-0.4, -0.2) is 15.7 Å². The lowest BCUT2D eigenvalue weighted by atomic mass is 9.69. The fourth-order valence-electron chi connectivity index (χ4n) is 5.94. The predicted molar refractivity (Wildman–Crippen MR) is 154 cm³/mol. The Balaban J connectivity index is 1.29. The Labute approximate surface area is 232 Å². The highest BCUT2D eigenvalue weighted by molar-refractivity contribution is 6.30. The Hall–Kier alpha value is -3.96. The van der Waals surface area contributed by atoms with Gasteiger partial charge in [0, 0.05) is 10.7 Å². The maximum absolute atomic E-state index is 13.5. The van der Waals surface area contributed by atoms with Crippen molar-refractivity contribution in [3.8, 4) is 5.69 Å². The first-order chi connectivity index (χ1) is 18.9. The molecule has 1 N–H and O–H groups in total. The maximum Gasteiger partial charge on any atom is 0.228 e. The average Bonchev–Trinajstić information content (AvgIpc) is 3.48. The number of allylic oxidation sites excluding steroid dienone is 2. The summed E-state index contributed by atoms with van der Waals surface area (Å²) in [5.41, 5.74) is 7.16. The first kappa shape index (κ1) is 25.3. The molecule has 0 aliphatic heterocycles. The molecule has 2 atom stereocenters. The molecule has 6 heteroatoms. The van der Waals surface area contributed by atoms with Crippen molar-refractivity contribution < 1.29 is 9.18 Å². The Bertz CT molecular complexity index is 1570. The lowest BCUT2D eigenvalue weighted by Gasteiger charge is -2.35. The number of benzene rings is 3. The fourth-order valence-corrected chi connectivity index (χ4v) is 6.07. The van der Waals surface area contributed by atoms with Gasteiger partial charge in [0.15, 0.2) is 0 Å². The molecule has 2 unspecified atom stereocenters. The van der Waals surface area contributed by atoms with Crippen molar-refractivity contribution in [1.82, 2.24) is 15.1 Å². The van der Waals surface area contributed by atoms with Gasteiger partial charge in [0.2, 0.25) is 5.91 Å². The Morgan fingerprint density at radius 2 is 1.85 bits per heavy atom. The van der Waals surface area contributed by atoms with Crippen molar-refractivity contribution >= 4 is 29.3 Å². The molecule has 4 nitrogen and oxygen atoms in total. The van der Waals surface area contributed by atoms with Gasteiger partial charge in [0.1, 0.15) is 5.82 Å². The topological polar surface area (TPSA) is 46.9 Å². The molecule has 1 saturated carbocycles. The van der Waals surface area contributed by atoms with Gasteiger partial charge in [-0.25, -0.2) is 9.07 Å². The Morgan fingerprint density at radius 1 is 1.10 bits per heavy atom. The third kappa shape index (κ3) is 5.07. The highest BCUT2D eigenvalue weighted by atomic mass is 35.5. The van der Waals surface area contributed by atoms with Crippen molar-refractivity contribution in [3.63, 3.8) is 0 Å². The Morgan fingerprint density at radius 3 is 2.59 bits per heavy atom. The number of hydrogen-bond donors (Lipinski definition) is 1. The van der Waals surface area contributed by atoms with Crippen LogP contribution < -0.4 is 5.32 Å². The minimum atomic E-state index is -0.259. The molecule has 39 heavy (non-hydrogen) atoms. The van der Waals surface area contributed by atoms with Crippen LogP contribution in [0.5, 0.6) is 0 Å². The molecule has 0 saturated heterocycles. The molecule has 1 fully saturated rings. The zero-order valence-corrected chi connectivity index (χ0v) is 22.5. The zero-order valence-electron chi connectivity index (χ0n) is 21.7. The maximum atomic E-state index is 13.5. The van der Waals surface area contributed by atoms with Gasteiger partial charge in [0.05, 0.1) is 24.0 Å². The van der Waals surface area contributed by atoms with Crippen molar-refractivity contribution in [2.75, 3.05) is 0 Å². The molecule has 3 aromatic carbocycles. The van der Waals surface area contributed by atoms with E-state index in [1.165, 1.54) is 23.3 Å². The zero-order chi connectivity index (χ0) is 27.0. The minimum Gasteiger partial charge on any atom is -0.326 e. The summed E-state index contributed by atoms with van der Waals surface area (Å²) in [7, 11) is 0. The lowest BCUT2D eigenvalue weighted by Crippen LogP contribution is -2.30.